The van der Waals surface area contributed by atoms with Gasteiger partial charge in [-0.25, -0.2) is 4.79 Å². The van der Waals surface area contributed by atoms with Crippen LogP contribution in [0.4, 0.5) is 4.79 Å². The Bertz CT molecular complexity index is 378. The Labute approximate surface area is 127 Å². The molecule has 2 aliphatic heterocycles. The molecule has 1 atom stereocenters. The molecule has 0 bridgehead atoms. The van der Waals surface area contributed by atoms with Crippen molar-refractivity contribution in [1.82, 2.24) is 9.80 Å². The SMILES string of the molecule is CCC1(C(=O)O)CCCN(C(=O)N2CCCCCCC2)C1. The normalized spacial score (nSPS) is 27.9. The van der Waals surface area contributed by atoms with Gasteiger partial charge in [0.05, 0.1) is 5.41 Å². The molecule has 0 saturated carbocycles. The first kappa shape index (κ1) is 16.1. The van der Waals surface area contributed by atoms with E-state index in [9.17, 15) is 14.7 Å². The number of hydrogen-bond donors (Lipinski definition) is 1. The fourth-order valence-electron chi connectivity index (χ4n) is 3.55. The van der Waals surface area contributed by atoms with Gasteiger partial charge >= 0.3 is 12.0 Å². The maximum atomic E-state index is 12.7. The monoisotopic (exact) mass is 296 g/mol. The molecule has 2 fully saturated rings. The van der Waals surface area contributed by atoms with E-state index in [-0.39, 0.29) is 6.03 Å². The average molecular weight is 296 g/mol. The van der Waals surface area contributed by atoms with Gasteiger partial charge in [-0.15, -0.1) is 0 Å². The molecule has 0 spiro atoms. The number of rotatable bonds is 2. The van der Waals surface area contributed by atoms with Gasteiger partial charge in [-0.1, -0.05) is 26.2 Å². The van der Waals surface area contributed by atoms with E-state index in [4.69, 9.17) is 0 Å². The average Bonchev–Trinajstić information content (AvgIpc) is 2.46. The molecule has 0 radical (unpaired) electrons. The van der Waals surface area contributed by atoms with Crippen LogP contribution in [0.5, 0.6) is 0 Å². The molecule has 0 aromatic rings. The fourth-order valence-corrected chi connectivity index (χ4v) is 3.55. The molecule has 2 amide bonds. The smallest absolute Gasteiger partial charge is 0.320 e. The minimum atomic E-state index is -0.754. The van der Waals surface area contributed by atoms with Gasteiger partial charge in [0.15, 0.2) is 0 Å². The first-order chi connectivity index (χ1) is 10.1. The maximum absolute atomic E-state index is 12.7. The second-order valence-electron chi connectivity index (χ2n) is 6.50. The number of carboxylic acids is 1. The zero-order valence-electron chi connectivity index (χ0n) is 13.1. The van der Waals surface area contributed by atoms with E-state index >= 15 is 0 Å². The molecule has 1 N–H and O–H groups in total. The molecule has 0 aromatic heterocycles. The van der Waals surface area contributed by atoms with Crippen molar-refractivity contribution in [1.29, 1.82) is 0 Å². The highest BCUT2D eigenvalue weighted by Gasteiger charge is 2.42. The minimum Gasteiger partial charge on any atom is -0.481 e. The molecule has 0 aliphatic carbocycles. The van der Waals surface area contributed by atoms with Crippen molar-refractivity contribution in [2.45, 2.75) is 58.3 Å². The molecule has 2 rings (SSSR count). The largest absolute Gasteiger partial charge is 0.481 e. The molecule has 5 nitrogen and oxygen atoms in total. The highest BCUT2D eigenvalue weighted by atomic mass is 16.4. The van der Waals surface area contributed by atoms with Gasteiger partial charge in [0.25, 0.3) is 0 Å². The summed E-state index contributed by atoms with van der Waals surface area (Å²) in [5.41, 5.74) is -0.739. The Kier molecular flexibility index (Phi) is 5.48. The zero-order chi connectivity index (χ0) is 15.3. The molecule has 0 aromatic carbocycles. The molecule has 2 aliphatic rings. The number of hydrogen-bond acceptors (Lipinski definition) is 2. The lowest BCUT2D eigenvalue weighted by Gasteiger charge is -2.41. The van der Waals surface area contributed by atoms with E-state index in [0.29, 0.717) is 25.9 Å². The van der Waals surface area contributed by atoms with Gasteiger partial charge in [0.1, 0.15) is 0 Å². The Morgan fingerprint density at radius 3 is 2.10 bits per heavy atom. The van der Waals surface area contributed by atoms with Crippen LogP contribution in [0, 0.1) is 5.41 Å². The fraction of sp³-hybridized carbons (Fsp3) is 0.875. The highest BCUT2D eigenvalue weighted by Crippen LogP contribution is 2.34. The molecular weight excluding hydrogens is 268 g/mol. The third-order valence-corrected chi connectivity index (χ3v) is 5.10. The molecule has 1 unspecified atom stereocenters. The third-order valence-electron chi connectivity index (χ3n) is 5.10. The van der Waals surface area contributed by atoms with Crippen LogP contribution < -0.4 is 0 Å². The van der Waals surface area contributed by atoms with E-state index in [1.807, 2.05) is 11.8 Å². The quantitative estimate of drug-likeness (QED) is 0.852. The van der Waals surface area contributed by atoms with Crippen molar-refractivity contribution in [2.75, 3.05) is 26.2 Å². The number of likely N-dealkylation sites (tertiary alicyclic amines) is 2. The lowest BCUT2D eigenvalue weighted by molar-refractivity contribution is -0.152. The van der Waals surface area contributed by atoms with Gasteiger partial charge in [-0.3, -0.25) is 4.79 Å². The second-order valence-corrected chi connectivity index (χ2v) is 6.50. The van der Waals surface area contributed by atoms with Gasteiger partial charge in [0, 0.05) is 26.2 Å². The van der Waals surface area contributed by atoms with Gasteiger partial charge in [-0.05, 0) is 32.1 Å². The zero-order valence-corrected chi connectivity index (χ0v) is 13.1. The molecule has 2 heterocycles. The summed E-state index contributed by atoms with van der Waals surface area (Å²) in [5, 5.41) is 9.53. The first-order valence-corrected chi connectivity index (χ1v) is 8.36. The summed E-state index contributed by atoms with van der Waals surface area (Å²) in [5.74, 6) is -0.754. The van der Waals surface area contributed by atoms with Crippen LogP contribution in [0.25, 0.3) is 0 Å². The molecule has 21 heavy (non-hydrogen) atoms. The van der Waals surface area contributed by atoms with E-state index in [1.165, 1.54) is 19.3 Å². The Morgan fingerprint density at radius 1 is 0.952 bits per heavy atom. The molecule has 5 heteroatoms. The van der Waals surface area contributed by atoms with Gasteiger partial charge in [0.2, 0.25) is 0 Å². The first-order valence-electron chi connectivity index (χ1n) is 8.36. The Morgan fingerprint density at radius 2 is 1.52 bits per heavy atom. The summed E-state index contributed by atoms with van der Waals surface area (Å²) in [4.78, 5) is 28.0. The van der Waals surface area contributed by atoms with Crippen molar-refractivity contribution in [3.63, 3.8) is 0 Å². The third kappa shape index (κ3) is 3.69. The van der Waals surface area contributed by atoms with Gasteiger partial charge < -0.3 is 14.9 Å². The maximum Gasteiger partial charge on any atom is 0.320 e. The molecular formula is C16H28N2O3. The van der Waals surface area contributed by atoms with Gasteiger partial charge in [-0.2, -0.15) is 0 Å². The Hall–Kier alpha value is -1.26. The lowest BCUT2D eigenvalue weighted by Crippen LogP contribution is -2.53. The van der Waals surface area contributed by atoms with E-state index in [0.717, 1.165) is 32.4 Å². The number of piperidine rings is 1. The number of amides is 2. The van der Waals surface area contributed by atoms with E-state index in [2.05, 4.69) is 0 Å². The molecule has 120 valence electrons. The summed E-state index contributed by atoms with van der Waals surface area (Å²) < 4.78 is 0. The number of urea groups is 1. The number of carbonyl (C=O) groups excluding carboxylic acids is 1. The predicted octanol–water partition coefficient (Wildman–Crippen LogP) is 2.95. The van der Waals surface area contributed by atoms with Crippen LogP contribution in [0.3, 0.4) is 0 Å². The van der Waals surface area contributed by atoms with Crippen LogP contribution in [-0.2, 0) is 4.79 Å². The summed E-state index contributed by atoms with van der Waals surface area (Å²) in [6.45, 7) is 4.62. The topological polar surface area (TPSA) is 60.9 Å². The summed E-state index contributed by atoms with van der Waals surface area (Å²) in [6.07, 6.45) is 7.85. The minimum absolute atomic E-state index is 0.0516. The van der Waals surface area contributed by atoms with Crippen LogP contribution in [-0.4, -0.2) is 53.1 Å². The van der Waals surface area contributed by atoms with Crippen LogP contribution in [0.1, 0.15) is 58.3 Å². The molecule has 2 saturated heterocycles. The van der Waals surface area contributed by atoms with Crippen molar-refractivity contribution in [2.24, 2.45) is 5.41 Å². The van der Waals surface area contributed by atoms with Crippen LogP contribution >= 0.6 is 0 Å². The van der Waals surface area contributed by atoms with Crippen LogP contribution in [0.15, 0.2) is 0 Å². The van der Waals surface area contributed by atoms with Crippen molar-refractivity contribution in [3.05, 3.63) is 0 Å². The van der Waals surface area contributed by atoms with E-state index in [1.54, 1.807) is 4.90 Å². The van der Waals surface area contributed by atoms with Crippen LogP contribution in [0.2, 0.25) is 0 Å². The number of nitrogens with zero attached hydrogens (tertiary/aromatic N) is 2. The second kappa shape index (κ2) is 7.14. The van der Waals surface area contributed by atoms with Crippen molar-refractivity contribution in [3.8, 4) is 0 Å². The highest BCUT2D eigenvalue weighted by molar-refractivity contribution is 5.78. The lowest BCUT2D eigenvalue weighted by atomic mass is 9.78. The number of carboxylic acid groups (broad SMARTS) is 1. The van der Waals surface area contributed by atoms with Crippen molar-refractivity contribution >= 4 is 12.0 Å². The standard InChI is InChI=1S/C16H28N2O3/c1-2-16(14(19)20)9-8-12-18(13-16)15(21)17-10-6-4-3-5-7-11-17/h2-13H2,1H3,(H,19,20). The predicted molar refractivity (Wildman–Crippen MR) is 81.2 cm³/mol. The number of carbonyl (C=O) groups is 2. The Balaban J connectivity index is 2.02. The van der Waals surface area contributed by atoms with Crippen molar-refractivity contribution < 1.29 is 14.7 Å². The summed E-state index contributed by atoms with van der Waals surface area (Å²) >= 11 is 0. The summed E-state index contributed by atoms with van der Waals surface area (Å²) in [7, 11) is 0. The van der Waals surface area contributed by atoms with E-state index < -0.39 is 11.4 Å². The summed E-state index contributed by atoms with van der Waals surface area (Å²) in [6, 6.07) is 0.0516. The number of aliphatic carboxylic acids is 1.